The summed E-state index contributed by atoms with van der Waals surface area (Å²) < 4.78 is 19.9. The first-order chi connectivity index (χ1) is 14.4. The Bertz CT molecular complexity index is 1120. The maximum Gasteiger partial charge on any atom is 0.231 e. The molecule has 0 aliphatic carbocycles. The highest BCUT2D eigenvalue weighted by Gasteiger charge is 2.45. The quantitative estimate of drug-likeness (QED) is 0.621. The molecule has 8 nitrogen and oxygen atoms in total. The molecule has 2 aliphatic heterocycles. The summed E-state index contributed by atoms with van der Waals surface area (Å²) in [6.45, 7) is 5.32. The highest BCUT2D eigenvalue weighted by Crippen LogP contribution is 2.52. The number of nitrogens with zero attached hydrogens (tertiary/aromatic N) is 5. The van der Waals surface area contributed by atoms with Crippen molar-refractivity contribution < 1.29 is 18.7 Å². The lowest BCUT2D eigenvalue weighted by molar-refractivity contribution is -0.917. The van der Waals surface area contributed by atoms with E-state index in [1.807, 2.05) is 4.68 Å². The molecular weight excluding hydrogens is 382 g/mol. The molecule has 0 unspecified atom stereocenters. The number of rotatable bonds is 3. The maximum absolute atomic E-state index is 5.88. The Kier molecular flexibility index (Phi) is 4.21. The molecule has 2 aromatic carbocycles. The zero-order chi connectivity index (χ0) is 21.0. The monoisotopic (exact) mass is 408 g/mol. The molecule has 0 amide bonds. The third-order valence-corrected chi connectivity index (χ3v) is 6.27. The van der Waals surface area contributed by atoms with Crippen LogP contribution in [0.25, 0.3) is 5.69 Å². The predicted molar refractivity (Wildman–Crippen MR) is 110 cm³/mol. The van der Waals surface area contributed by atoms with E-state index in [9.17, 15) is 0 Å². The summed E-state index contributed by atoms with van der Waals surface area (Å²) in [5, 5.41) is 13.0. The summed E-state index contributed by atoms with van der Waals surface area (Å²) >= 11 is 0. The number of methoxy groups -OCH3 is 1. The van der Waals surface area contributed by atoms with Crippen molar-refractivity contribution >= 4 is 0 Å². The fraction of sp³-hybridized carbons (Fsp3) is 0.409. The van der Waals surface area contributed by atoms with Crippen molar-refractivity contribution in [2.75, 3.05) is 34.5 Å². The van der Waals surface area contributed by atoms with Crippen LogP contribution >= 0.6 is 0 Å². The molecule has 30 heavy (non-hydrogen) atoms. The Labute approximate surface area is 175 Å². The van der Waals surface area contributed by atoms with Crippen molar-refractivity contribution in [3.05, 3.63) is 52.3 Å². The van der Waals surface area contributed by atoms with Crippen LogP contribution in [0.1, 0.15) is 34.1 Å². The van der Waals surface area contributed by atoms with E-state index in [1.165, 1.54) is 5.56 Å². The van der Waals surface area contributed by atoms with Gasteiger partial charge in [0.25, 0.3) is 0 Å². The van der Waals surface area contributed by atoms with Crippen LogP contribution < -0.4 is 14.2 Å². The van der Waals surface area contributed by atoms with Gasteiger partial charge >= 0.3 is 0 Å². The molecule has 5 rings (SSSR count). The maximum atomic E-state index is 5.88. The fourth-order valence-corrected chi connectivity index (χ4v) is 4.78. The van der Waals surface area contributed by atoms with E-state index in [-0.39, 0.29) is 12.8 Å². The van der Waals surface area contributed by atoms with Crippen molar-refractivity contribution in [3.8, 4) is 22.9 Å². The van der Waals surface area contributed by atoms with E-state index < -0.39 is 0 Å². The number of tetrazole rings is 1. The third kappa shape index (κ3) is 2.67. The topological polar surface area (TPSA) is 71.3 Å². The van der Waals surface area contributed by atoms with Crippen LogP contribution in [-0.4, -0.2) is 59.2 Å². The highest BCUT2D eigenvalue weighted by molar-refractivity contribution is 5.62. The summed E-state index contributed by atoms with van der Waals surface area (Å²) in [5.41, 5.74) is 5.53. The van der Waals surface area contributed by atoms with Gasteiger partial charge in [-0.05, 0) is 47.0 Å². The summed E-state index contributed by atoms with van der Waals surface area (Å²) in [4.78, 5) is 0. The molecule has 1 aromatic heterocycles. The molecule has 0 fully saturated rings. The van der Waals surface area contributed by atoms with E-state index in [1.54, 1.807) is 7.11 Å². The molecule has 0 N–H and O–H groups in total. The van der Waals surface area contributed by atoms with Crippen LogP contribution in [0.2, 0.25) is 0 Å². The first kappa shape index (κ1) is 18.9. The van der Waals surface area contributed by atoms with Gasteiger partial charge in [0.1, 0.15) is 0 Å². The Morgan fingerprint density at radius 1 is 1.17 bits per heavy atom. The lowest BCUT2D eigenvalue weighted by Crippen LogP contribution is -2.49. The van der Waals surface area contributed by atoms with Crippen LogP contribution in [-0.2, 0) is 6.42 Å². The van der Waals surface area contributed by atoms with Crippen LogP contribution in [0.15, 0.2) is 24.3 Å². The molecule has 0 saturated heterocycles. The first-order valence-electron chi connectivity index (χ1n) is 10.1. The van der Waals surface area contributed by atoms with Gasteiger partial charge in [-0.15, -0.1) is 5.10 Å². The minimum atomic E-state index is -0.118. The third-order valence-electron chi connectivity index (χ3n) is 6.27. The van der Waals surface area contributed by atoms with Gasteiger partial charge in [0, 0.05) is 6.42 Å². The number of fused-ring (bicyclic) bond motifs is 2. The number of quaternary nitrogens is 1. The predicted octanol–water partition coefficient (Wildman–Crippen LogP) is 2.74. The molecule has 8 heteroatoms. The van der Waals surface area contributed by atoms with Gasteiger partial charge in [-0.2, -0.15) is 4.68 Å². The number of benzene rings is 2. The molecule has 1 atom stereocenters. The zero-order valence-corrected chi connectivity index (χ0v) is 18.0. The average molecular weight is 408 g/mol. The van der Waals surface area contributed by atoms with Crippen molar-refractivity contribution in [1.82, 2.24) is 20.2 Å². The SMILES string of the molecule is COc1c2c(cc3c1[C@@H](c1nnnn1-c1c(C)cccc1C)[N+](C)(C)CC3)OCO2. The molecule has 156 valence electrons. The summed E-state index contributed by atoms with van der Waals surface area (Å²) in [6.07, 6.45) is 0.913. The van der Waals surface area contributed by atoms with Crippen molar-refractivity contribution in [2.24, 2.45) is 0 Å². The number of hydrogen-bond acceptors (Lipinski definition) is 6. The van der Waals surface area contributed by atoms with Gasteiger partial charge in [0.15, 0.2) is 17.5 Å². The van der Waals surface area contributed by atoms with E-state index in [0.717, 1.165) is 46.9 Å². The Hall–Kier alpha value is -3.13. The zero-order valence-electron chi connectivity index (χ0n) is 18.0. The lowest BCUT2D eigenvalue weighted by atomic mass is 9.88. The summed E-state index contributed by atoms with van der Waals surface area (Å²) in [6, 6.07) is 8.19. The number of para-hydroxylation sites is 1. The largest absolute Gasteiger partial charge is 0.492 e. The number of hydrogen-bond donors (Lipinski definition) is 0. The van der Waals surface area contributed by atoms with Gasteiger partial charge in [0.05, 0.1) is 39.0 Å². The van der Waals surface area contributed by atoms with E-state index in [4.69, 9.17) is 14.2 Å². The van der Waals surface area contributed by atoms with Gasteiger partial charge in [-0.25, -0.2) is 0 Å². The van der Waals surface area contributed by atoms with E-state index in [2.05, 4.69) is 67.7 Å². The van der Waals surface area contributed by atoms with Crippen LogP contribution in [0.4, 0.5) is 0 Å². The summed E-state index contributed by atoms with van der Waals surface area (Å²) in [5.74, 6) is 2.91. The van der Waals surface area contributed by atoms with Crippen LogP contribution in [0, 0.1) is 13.8 Å². The Morgan fingerprint density at radius 3 is 2.67 bits per heavy atom. The number of ether oxygens (including phenoxy) is 3. The molecule has 3 heterocycles. The summed E-state index contributed by atoms with van der Waals surface area (Å²) in [7, 11) is 6.10. The van der Waals surface area contributed by atoms with Gasteiger partial charge in [-0.1, -0.05) is 18.2 Å². The Balaban J connectivity index is 1.77. The second-order valence-electron chi connectivity index (χ2n) is 8.56. The number of likely N-dealkylation sites (N-methyl/N-ethyl adjacent to an activating group) is 1. The average Bonchev–Trinajstić information content (AvgIpc) is 3.35. The normalized spacial score (nSPS) is 18.9. The van der Waals surface area contributed by atoms with Gasteiger partial charge in [0.2, 0.25) is 18.4 Å². The molecule has 0 saturated carbocycles. The lowest BCUT2D eigenvalue weighted by Gasteiger charge is -2.42. The van der Waals surface area contributed by atoms with Crippen molar-refractivity contribution in [1.29, 1.82) is 0 Å². The minimum absolute atomic E-state index is 0.118. The minimum Gasteiger partial charge on any atom is -0.492 e. The number of aryl methyl sites for hydroxylation is 2. The highest BCUT2D eigenvalue weighted by atomic mass is 16.7. The standard InChI is InChI=1S/C22H26N5O3/c1-13-7-6-8-14(2)18(13)26-22(23-24-25-26)19-17-15(9-10-27(19,3)4)11-16-20(21(17)28-5)30-12-29-16/h6-8,11,19H,9-10,12H2,1-5H3/q+1/t19-/m0/s1. The van der Waals surface area contributed by atoms with Gasteiger partial charge < -0.3 is 18.7 Å². The molecule has 2 aliphatic rings. The first-order valence-corrected chi connectivity index (χ1v) is 10.1. The fourth-order valence-electron chi connectivity index (χ4n) is 4.78. The van der Waals surface area contributed by atoms with Gasteiger partial charge in [-0.3, -0.25) is 0 Å². The molecule has 3 aromatic rings. The second-order valence-corrected chi connectivity index (χ2v) is 8.56. The van der Waals surface area contributed by atoms with Crippen LogP contribution in [0.5, 0.6) is 17.2 Å². The van der Waals surface area contributed by atoms with E-state index in [0.29, 0.717) is 16.0 Å². The van der Waals surface area contributed by atoms with E-state index >= 15 is 0 Å². The Morgan fingerprint density at radius 2 is 1.93 bits per heavy atom. The molecule has 0 bridgehead atoms. The van der Waals surface area contributed by atoms with Crippen molar-refractivity contribution in [2.45, 2.75) is 26.3 Å². The number of aromatic nitrogens is 4. The smallest absolute Gasteiger partial charge is 0.231 e. The van der Waals surface area contributed by atoms with Crippen molar-refractivity contribution in [3.63, 3.8) is 0 Å². The molecule has 0 spiro atoms. The second kappa shape index (κ2) is 6.70. The van der Waals surface area contributed by atoms with Crippen LogP contribution in [0.3, 0.4) is 0 Å². The molecular formula is C22H26N5O3+. The molecule has 0 radical (unpaired) electrons.